The molecule has 137 valence electrons. The van der Waals surface area contributed by atoms with Crippen LogP contribution in [0, 0.1) is 18.4 Å². The molecule has 3 aromatic carbocycles. The SMILES string of the molecule is [Y].[c-]1ccccc1C1(C2C=CC=C[CH-]2)c2ccccc2-c2cc3occc3cc21. The van der Waals surface area contributed by atoms with E-state index in [1.807, 2.05) is 12.1 Å². The van der Waals surface area contributed by atoms with E-state index in [2.05, 4.69) is 91.4 Å². The van der Waals surface area contributed by atoms with Gasteiger partial charge in [-0.3, -0.25) is 0 Å². The van der Waals surface area contributed by atoms with Crippen LogP contribution >= 0.6 is 0 Å². The summed E-state index contributed by atoms with van der Waals surface area (Å²) in [4.78, 5) is 0. The summed E-state index contributed by atoms with van der Waals surface area (Å²) in [7, 11) is 0. The fourth-order valence-electron chi connectivity index (χ4n) is 5.02. The zero-order chi connectivity index (χ0) is 18.6. The Morgan fingerprint density at radius 1 is 0.897 bits per heavy atom. The molecule has 2 atom stereocenters. The van der Waals surface area contributed by atoms with Crippen molar-refractivity contribution in [3.05, 3.63) is 126 Å². The number of benzene rings is 3. The topological polar surface area (TPSA) is 13.1 Å². The first-order chi connectivity index (χ1) is 13.9. The van der Waals surface area contributed by atoms with Crippen LogP contribution in [-0.4, -0.2) is 0 Å². The van der Waals surface area contributed by atoms with Crippen molar-refractivity contribution in [1.29, 1.82) is 0 Å². The normalized spacial score (nSPS) is 21.3. The van der Waals surface area contributed by atoms with Crippen molar-refractivity contribution in [2.75, 3.05) is 0 Å². The third-order valence-electron chi connectivity index (χ3n) is 6.15. The maximum absolute atomic E-state index is 5.74. The van der Waals surface area contributed by atoms with Crippen LogP contribution in [0.5, 0.6) is 0 Å². The Morgan fingerprint density at radius 3 is 2.62 bits per heavy atom. The minimum atomic E-state index is -0.306. The predicted octanol–water partition coefficient (Wildman–Crippen LogP) is 6.49. The minimum Gasteiger partial charge on any atom is -0.464 e. The maximum atomic E-state index is 5.74. The summed E-state index contributed by atoms with van der Waals surface area (Å²) in [5.41, 5.74) is 7.03. The molecule has 1 aromatic heterocycles. The zero-order valence-corrected chi connectivity index (χ0v) is 18.7. The van der Waals surface area contributed by atoms with Gasteiger partial charge in [0.15, 0.2) is 0 Å². The molecule has 0 fully saturated rings. The van der Waals surface area contributed by atoms with Gasteiger partial charge in [-0.15, -0.1) is 17.7 Å². The number of hydrogen-bond acceptors (Lipinski definition) is 1. The van der Waals surface area contributed by atoms with Crippen molar-refractivity contribution in [2.45, 2.75) is 5.41 Å². The second kappa shape index (κ2) is 7.16. The molecule has 0 saturated carbocycles. The van der Waals surface area contributed by atoms with Crippen LogP contribution in [0.1, 0.15) is 16.7 Å². The second-order valence-electron chi connectivity index (χ2n) is 7.47. The number of hydrogen-bond donors (Lipinski definition) is 0. The van der Waals surface area contributed by atoms with E-state index in [0.717, 1.165) is 11.0 Å². The van der Waals surface area contributed by atoms with Crippen LogP contribution in [0.4, 0.5) is 0 Å². The van der Waals surface area contributed by atoms with E-state index >= 15 is 0 Å². The maximum Gasteiger partial charge on any atom is 0.134 e. The van der Waals surface area contributed by atoms with Gasteiger partial charge in [-0.2, -0.15) is 30.3 Å². The molecular formula is C27H18OY-2. The zero-order valence-electron chi connectivity index (χ0n) is 15.9. The molecule has 2 aliphatic rings. The summed E-state index contributed by atoms with van der Waals surface area (Å²) in [5, 5.41) is 1.14. The van der Waals surface area contributed by atoms with Crippen LogP contribution in [-0.2, 0) is 38.1 Å². The molecule has 2 heteroatoms. The molecule has 1 radical (unpaired) electrons. The molecule has 29 heavy (non-hydrogen) atoms. The van der Waals surface area contributed by atoms with Crippen molar-refractivity contribution in [3.8, 4) is 11.1 Å². The molecule has 4 aromatic rings. The summed E-state index contributed by atoms with van der Waals surface area (Å²) in [6.45, 7) is 0. The van der Waals surface area contributed by atoms with E-state index in [9.17, 15) is 0 Å². The van der Waals surface area contributed by atoms with Gasteiger partial charge in [-0.1, -0.05) is 30.2 Å². The van der Waals surface area contributed by atoms with E-state index in [1.165, 1.54) is 27.8 Å². The van der Waals surface area contributed by atoms with E-state index in [0.29, 0.717) is 0 Å². The van der Waals surface area contributed by atoms with Gasteiger partial charge in [0, 0.05) is 43.5 Å². The van der Waals surface area contributed by atoms with Crippen molar-refractivity contribution in [1.82, 2.24) is 0 Å². The van der Waals surface area contributed by atoms with E-state index in [-0.39, 0.29) is 44.0 Å². The quantitative estimate of drug-likeness (QED) is 0.320. The van der Waals surface area contributed by atoms with Crippen LogP contribution in [0.3, 0.4) is 0 Å². The molecular weight excluding hydrogens is 429 g/mol. The van der Waals surface area contributed by atoms with Crippen molar-refractivity contribution in [3.63, 3.8) is 0 Å². The van der Waals surface area contributed by atoms with Gasteiger partial charge in [0.2, 0.25) is 0 Å². The molecule has 2 aliphatic carbocycles. The largest absolute Gasteiger partial charge is 0.464 e. The summed E-state index contributed by atoms with van der Waals surface area (Å²) >= 11 is 0. The Bertz CT molecular complexity index is 1250. The molecule has 6 rings (SSSR count). The molecule has 0 amide bonds. The molecule has 0 N–H and O–H groups in total. The van der Waals surface area contributed by atoms with Gasteiger partial charge in [0.1, 0.15) is 5.58 Å². The van der Waals surface area contributed by atoms with Gasteiger partial charge < -0.3 is 4.42 Å². The summed E-state index contributed by atoms with van der Waals surface area (Å²) in [5.74, 6) is 0.211. The fraction of sp³-hybridized carbons (Fsp3) is 0.0741. The Kier molecular flexibility index (Phi) is 4.61. The Balaban J connectivity index is 0.00000181. The smallest absolute Gasteiger partial charge is 0.134 e. The third-order valence-corrected chi connectivity index (χ3v) is 6.15. The van der Waals surface area contributed by atoms with Crippen molar-refractivity contribution < 1.29 is 37.1 Å². The molecule has 0 spiro atoms. The third kappa shape index (κ3) is 2.58. The monoisotopic (exact) mass is 447 g/mol. The summed E-state index contributed by atoms with van der Waals surface area (Å²) < 4.78 is 5.74. The number of furan rings is 1. The Hall–Kier alpha value is -2.35. The molecule has 2 unspecified atom stereocenters. The van der Waals surface area contributed by atoms with Gasteiger partial charge in [-0.25, -0.2) is 18.6 Å². The van der Waals surface area contributed by atoms with Gasteiger partial charge in [0.05, 0.1) is 6.26 Å². The van der Waals surface area contributed by atoms with E-state index < -0.39 is 0 Å². The van der Waals surface area contributed by atoms with Gasteiger partial charge in [-0.05, 0) is 40.5 Å². The van der Waals surface area contributed by atoms with Crippen molar-refractivity contribution >= 4 is 11.0 Å². The van der Waals surface area contributed by atoms with Crippen LogP contribution in [0.25, 0.3) is 22.1 Å². The van der Waals surface area contributed by atoms with Gasteiger partial charge in [0.25, 0.3) is 0 Å². The predicted molar refractivity (Wildman–Crippen MR) is 113 cm³/mol. The Labute approximate surface area is 196 Å². The standard InChI is InChI=1S/C27H18O.Y/c1-3-9-20(10-4-1)27(21-11-5-2-6-12-21)24-14-8-7-13-22(24)23-18-26-19(15-16-28-26)17-25(23)27;/h1-11,13-18,20H;/q-2;. The Morgan fingerprint density at radius 2 is 1.79 bits per heavy atom. The molecule has 0 saturated heterocycles. The van der Waals surface area contributed by atoms with Crippen LogP contribution in [0.15, 0.2) is 102 Å². The average Bonchev–Trinajstić information content (AvgIpc) is 3.34. The number of rotatable bonds is 2. The first-order valence-electron chi connectivity index (χ1n) is 9.66. The number of fused-ring (bicyclic) bond motifs is 4. The van der Waals surface area contributed by atoms with E-state index in [1.54, 1.807) is 6.26 Å². The molecule has 0 bridgehead atoms. The van der Waals surface area contributed by atoms with Crippen molar-refractivity contribution in [2.24, 2.45) is 5.92 Å². The minimum absolute atomic E-state index is 0. The average molecular weight is 447 g/mol. The van der Waals surface area contributed by atoms with Crippen LogP contribution in [0.2, 0.25) is 0 Å². The van der Waals surface area contributed by atoms with E-state index in [4.69, 9.17) is 4.42 Å². The fourth-order valence-corrected chi connectivity index (χ4v) is 5.02. The number of allylic oxidation sites excluding steroid dienone is 4. The molecule has 1 nitrogen and oxygen atoms in total. The molecule has 0 aliphatic heterocycles. The van der Waals surface area contributed by atoms with Gasteiger partial charge >= 0.3 is 0 Å². The van der Waals surface area contributed by atoms with Crippen LogP contribution < -0.4 is 0 Å². The first kappa shape index (κ1) is 18.7. The second-order valence-corrected chi connectivity index (χ2v) is 7.47. The first-order valence-corrected chi connectivity index (χ1v) is 9.66. The summed E-state index contributed by atoms with van der Waals surface area (Å²) in [6, 6.07) is 27.3. The summed E-state index contributed by atoms with van der Waals surface area (Å²) in [6.07, 6.45) is 12.8. The molecule has 1 heterocycles.